The number of nitrogens with one attached hydrogen (secondary N) is 1. The van der Waals surface area contributed by atoms with E-state index in [0.29, 0.717) is 11.2 Å². The van der Waals surface area contributed by atoms with Crippen LogP contribution in [0.5, 0.6) is 0 Å². The average molecular weight is 421 g/mol. The lowest BCUT2D eigenvalue weighted by molar-refractivity contribution is 0.353. The Morgan fingerprint density at radius 3 is 2.53 bits per heavy atom. The van der Waals surface area contributed by atoms with Crippen LogP contribution in [0, 0.1) is 5.82 Å². The summed E-state index contributed by atoms with van der Waals surface area (Å²) in [7, 11) is 0. The Morgan fingerprint density at radius 1 is 1.00 bits per heavy atom. The van der Waals surface area contributed by atoms with Crippen LogP contribution in [0.25, 0.3) is 0 Å². The van der Waals surface area contributed by atoms with Crippen LogP contribution in [0.4, 0.5) is 10.1 Å². The van der Waals surface area contributed by atoms with E-state index >= 15 is 0 Å². The Kier molecular flexibility index (Phi) is 5.25. The SMILES string of the molecule is Fc1ccc(N2C(=S)N[C@H](c3ccccn3)[C@@H]2c2ccn(C3CCCCC3)c2)cc1. The molecule has 30 heavy (non-hydrogen) atoms. The van der Waals surface area contributed by atoms with Gasteiger partial charge in [-0.25, -0.2) is 4.39 Å². The van der Waals surface area contributed by atoms with Crippen LogP contribution in [-0.2, 0) is 0 Å². The van der Waals surface area contributed by atoms with Crippen LogP contribution < -0.4 is 10.2 Å². The van der Waals surface area contributed by atoms with Gasteiger partial charge in [-0.3, -0.25) is 4.98 Å². The monoisotopic (exact) mass is 420 g/mol. The molecular weight excluding hydrogens is 395 g/mol. The Bertz CT molecular complexity index is 1010. The minimum absolute atomic E-state index is 0.0531. The van der Waals surface area contributed by atoms with Crippen LogP contribution in [0.3, 0.4) is 0 Å². The van der Waals surface area contributed by atoms with Crippen molar-refractivity contribution in [3.05, 3.63) is 84.2 Å². The van der Waals surface area contributed by atoms with Gasteiger partial charge in [0.15, 0.2) is 5.11 Å². The number of hydrogen-bond donors (Lipinski definition) is 1. The predicted octanol–water partition coefficient (Wildman–Crippen LogP) is 5.70. The average Bonchev–Trinajstić information content (AvgIpc) is 3.40. The van der Waals surface area contributed by atoms with Crippen molar-refractivity contribution in [1.82, 2.24) is 14.9 Å². The number of pyridine rings is 1. The van der Waals surface area contributed by atoms with E-state index in [1.165, 1.54) is 49.8 Å². The molecule has 2 atom stereocenters. The first-order valence-electron chi connectivity index (χ1n) is 10.6. The second kappa shape index (κ2) is 8.19. The third kappa shape index (κ3) is 3.60. The molecule has 4 nitrogen and oxygen atoms in total. The van der Waals surface area contributed by atoms with Gasteiger partial charge in [0.2, 0.25) is 0 Å². The highest BCUT2D eigenvalue weighted by Gasteiger charge is 2.41. The number of aromatic nitrogens is 2. The zero-order chi connectivity index (χ0) is 20.5. The van der Waals surface area contributed by atoms with Crippen molar-refractivity contribution >= 4 is 23.0 Å². The summed E-state index contributed by atoms with van der Waals surface area (Å²) < 4.78 is 15.9. The summed E-state index contributed by atoms with van der Waals surface area (Å²) in [6, 6.07) is 15.1. The molecule has 154 valence electrons. The zero-order valence-corrected chi connectivity index (χ0v) is 17.6. The first-order valence-corrected chi connectivity index (χ1v) is 11.0. The summed E-state index contributed by atoms with van der Waals surface area (Å²) in [5.41, 5.74) is 3.01. The molecule has 6 heteroatoms. The molecule has 0 unspecified atom stereocenters. The van der Waals surface area contributed by atoms with Crippen molar-refractivity contribution in [2.75, 3.05) is 4.90 Å². The Morgan fingerprint density at radius 2 is 1.80 bits per heavy atom. The van der Waals surface area contributed by atoms with Crippen LogP contribution in [-0.4, -0.2) is 14.7 Å². The van der Waals surface area contributed by atoms with Gasteiger partial charge >= 0.3 is 0 Å². The minimum atomic E-state index is -0.252. The summed E-state index contributed by atoms with van der Waals surface area (Å²) >= 11 is 5.73. The van der Waals surface area contributed by atoms with Gasteiger partial charge < -0.3 is 14.8 Å². The summed E-state index contributed by atoms with van der Waals surface area (Å²) in [5.74, 6) is -0.252. The molecule has 1 saturated heterocycles. The van der Waals surface area contributed by atoms with Gasteiger partial charge in [-0.05, 0) is 73.1 Å². The quantitative estimate of drug-likeness (QED) is 0.549. The molecule has 1 aliphatic heterocycles. The number of nitrogens with zero attached hydrogens (tertiary/aromatic N) is 3. The fraction of sp³-hybridized carbons (Fsp3) is 0.333. The lowest BCUT2D eigenvalue weighted by Crippen LogP contribution is -2.29. The van der Waals surface area contributed by atoms with Crippen molar-refractivity contribution in [2.45, 2.75) is 50.2 Å². The number of benzene rings is 1. The summed E-state index contributed by atoms with van der Waals surface area (Å²) in [6.45, 7) is 0. The molecule has 2 fully saturated rings. The van der Waals surface area contributed by atoms with E-state index in [1.54, 1.807) is 12.1 Å². The zero-order valence-electron chi connectivity index (χ0n) is 16.7. The van der Waals surface area contributed by atoms with Crippen molar-refractivity contribution < 1.29 is 4.39 Å². The number of anilines is 1. The first-order chi connectivity index (χ1) is 14.7. The maximum atomic E-state index is 13.6. The van der Waals surface area contributed by atoms with Crippen molar-refractivity contribution in [2.24, 2.45) is 0 Å². The molecule has 0 spiro atoms. The molecule has 2 aromatic heterocycles. The van der Waals surface area contributed by atoms with Crippen LogP contribution in [0.2, 0.25) is 0 Å². The van der Waals surface area contributed by atoms with E-state index in [1.807, 2.05) is 24.4 Å². The van der Waals surface area contributed by atoms with Crippen LogP contribution >= 0.6 is 12.2 Å². The standard InChI is InChI=1S/C24H25FN4S/c25-18-9-11-20(12-10-18)29-23(22(27-24(29)30)21-8-4-5-14-26-21)17-13-15-28(16-17)19-6-2-1-3-7-19/h4-5,8-16,19,22-23H,1-3,6-7H2,(H,27,30)/t22-,23+/m1/s1. The molecule has 1 N–H and O–H groups in total. The van der Waals surface area contributed by atoms with Gasteiger partial charge in [-0.2, -0.15) is 0 Å². The normalized spacial score (nSPS) is 22.3. The summed E-state index contributed by atoms with van der Waals surface area (Å²) in [5, 5.41) is 4.09. The number of thiocarbonyl (C=S) groups is 1. The largest absolute Gasteiger partial charge is 0.351 e. The minimum Gasteiger partial charge on any atom is -0.351 e. The van der Waals surface area contributed by atoms with Gasteiger partial charge in [-0.1, -0.05) is 25.3 Å². The lowest BCUT2D eigenvalue weighted by Gasteiger charge is -2.28. The van der Waals surface area contributed by atoms with E-state index in [4.69, 9.17) is 12.2 Å². The second-order valence-corrected chi connectivity index (χ2v) is 8.54. The third-order valence-electron chi connectivity index (χ3n) is 6.28. The topological polar surface area (TPSA) is 33.1 Å². The molecule has 1 aromatic carbocycles. The van der Waals surface area contributed by atoms with Crippen molar-refractivity contribution in [3.8, 4) is 0 Å². The molecule has 0 bridgehead atoms. The predicted molar refractivity (Wildman–Crippen MR) is 121 cm³/mol. The Labute approximate surface area is 181 Å². The number of halogens is 1. The smallest absolute Gasteiger partial charge is 0.174 e. The van der Waals surface area contributed by atoms with Gasteiger partial charge in [0.25, 0.3) is 0 Å². The fourth-order valence-electron chi connectivity index (χ4n) is 4.79. The molecule has 2 aliphatic rings. The van der Waals surface area contributed by atoms with Gasteiger partial charge in [0.1, 0.15) is 5.82 Å². The van der Waals surface area contributed by atoms with Crippen molar-refractivity contribution in [3.63, 3.8) is 0 Å². The van der Waals surface area contributed by atoms with E-state index < -0.39 is 0 Å². The van der Waals surface area contributed by atoms with Crippen LogP contribution in [0.15, 0.2) is 67.1 Å². The molecule has 0 radical (unpaired) electrons. The van der Waals surface area contributed by atoms with Gasteiger partial charge in [-0.15, -0.1) is 0 Å². The molecule has 3 heterocycles. The maximum Gasteiger partial charge on any atom is 0.174 e. The second-order valence-electron chi connectivity index (χ2n) is 8.16. The number of rotatable bonds is 4. The fourth-order valence-corrected chi connectivity index (χ4v) is 5.13. The van der Waals surface area contributed by atoms with Crippen molar-refractivity contribution in [1.29, 1.82) is 0 Å². The molecule has 5 rings (SSSR count). The highest BCUT2D eigenvalue weighted by atomic mass is 32.1. The Balaban J connectivity index is 1.54. The number of hydrogen-bond acceptors (Lipinski definition) is 2. The van der Waals surface area contributed by atoms with Gasteiger partial charge in [0, 0.05) is 30.3 Å². The molecule has 1 aliphatic carbocycles. The van der Waals surface area contributed by atoms with Gasteiger partial charge in [0.05, 0.1) is 17.8 Å². The third-order valence-corrected chi connectivity index (χ3v) is 6.59. The van der Waals surface area contributed by atoms with E-state index in [0.717, 1.165) is 11.4 Å². The maximum absolute atomic E-state index is 13.6. The molecule has 1 saturated carbocycles. The van der Waals surface area contributed by atoms with E-state index in [9.17, 15) is 4.39 Å². The highest BCUT2D eigenvalue weighted by molar-refractivity contribution is 7.80. The molecular formula is C24H25FN4S. The summed E-state index contributed by atoms with van der Waals surface area (Å²) in [4.78, 5) is 6.69. The highest BCUT2D eigenvalue weighted by Crippen LogP contribution is 2.42. The Hall–Kier alpha value is -2.73. The lowest BCUT2D eigenvalue weighted by atomic mass is 9.95. The summed E-state index contributed by atoms with van der Waals surface area (Å²) in [6.07, 6.45) is 12.7. The first kappa shape index (κ1) is 19.2. The molecule has 3 aromatic rings. The molecule has 0 amide bonds. The van der Waals surface area contributed by atoms with E-state index in [2.05, 4.69) is 38.2 Å². The van der Waals surface area contributed by atoms with E-state index in [-0.39, 0.29) is 17.9 Å². The van der Waals surface area contributed by atoms with Crippen LogP contribution in [0.1, 0.15) is 61.5 Å².